The van der Waals surface area contributed by atoms with Crippen LogP contribution >= 0.6 is 0 Å². The Labute approximate surface area is 160 Å². The molecule has 2 heterocycles. The van der Waals surface area contributed by atoms with E-state index in [1.165, 1.54) is 30.1 Å². The van der Waals surface area contributed by atoms with Gasteiger partial charge >= 0.3 is 12.4 Å². The van der Waals surface area contributed by atoms with Gasteiger partial charge in [-0.2, -0.15) is 31.4 Å². The van der Waals surface area contributed by atoms with E-state index in [0.29, 0.717) is 17.5 Å². The molecule has 0 spiro atoms. The highest BCUT2D eigenvalue weighted by Gasteiger charge is 2.39. The first kappa shape index (κ1) is 20.6. The highest BCUT2D eigenvalue weighted by atomic mass is 19.4. The average Bonchev–Trinajstić information content (AvgIpc) is 3.08. The van der Waals surface area contributed by atoms with Crippen molar-refractivity contribution in [3.8, 4) is 11.3 Å². The molecule has 3 aromatic rings. The van der Waals surface area contributed by atoms with Gasteiger partial charge in [-0.3, -0.25) is 9.48 Å². The predicted molar refractivity (Wildman–Crippen MR) is 91.1 cm³/mol. The molecule has 0 fully saturated rings. The van der Waals surface area contributed by atoms with Crippen molar-refractivity contribution in [2.24, 2.45) is 0 Å². The summed E-state index contributed by atoms with van der Waals surface area (Å²) in [7, 11) is 0. The maximum atomic E-state index is 13.4. The lowest BCUT2D eigenvalue weighted by atomic mass is 9.98. The van der Waals surface area contributed by atoms with E-state index >= 15 is 0 Å². The molecule has 0 aliphatic heterocycles. The maximum Gasteiger partial charge on any atom is 0.416 e. The van der Waals surface area contributed by atoms with Crippen LogP contribution in [0.5, 0.6) is 0 Å². The number of rotatable bonds is 3. The van der Waals surface area contributed by atoms with Crippen molar-refractivity contribution in [1.82, 2.24) is 19.7 Å². The molecule has 5 nitrogen and oxygen atoms in total. The van der Waals surface area contributed by atoms with E-state index in [9.17, 15) is 31.1 Å². The average molecular weight is 416 g/mol. The van der Waals surface area contributed by atoms with Gasteiger partial charge in [0.2, 0.25) is 0 Å². The number of H-pyrrole nitrogens is 1. The van der Waals surface area contributed by atoms with Crippen molar-refractivity contribution in [3.63, 3.8) is 0 Å². The van der Waals surface area contributed by atoms with Gasteiger partial charge in [-0.25, -0.2) is 4.98 Å². The summed E-state index contributed by atoms with van der Waals surface area (Å²) < 4.78 is 79.9. The Balaban J connectivity index is 2.04. The molecule has 154 valence electrons. The Morgan fingerprint density at radius 2 is 1.76 bits per heavy atom. The fraction of sp³-hybridized carbons (Fsp3) is 0.278. The van der Waals surface area contributed by atoms with Crippen LogP contribution in [0.4, 0.5) is 26.3 Å². The third kappa shape index (κ3) is 4.33. The Bertz CT molecular complexity index is 1100. The van der Waals surface area contributed by atoms with Crippen LogP contribution in [0.3, 0.4) is 0 Å². The highest BCUT2D eigenvalue weighted by molar-refractivity contribution is 5.56. The molecule has 0 radical (unpaired) electrons. The van der Waals surface area contributed by atoms with E-state index in [0.717, 1.165) is 6.07 Å². The van der Waals surface area contributed by atoms with Crippen LogP contribution in [-0.2, 0) is 12.4 Å². The summed E-state index contributed by atoms with van der Waals surface area (Å²) in [6.45, 7) is 2.95. The van der Waals surface area contributed by atoms with Crippen molar-refractivity contribution in [2.75, 3.05) is 0 Å². The van der Waals surface area contributed by atoms with Crippen LogP contribution in [0.1, 0.15) is 35.5 Å². The van der Waals surface area contributed by atoms with Gasteiger partial charge in [0.1, 0.15) is 5.82 Å². The van der Waals surface area contributed by atoms with Gasteiger partial charge in [-0.05, 0) is 31.5 Å². The summed E-state index contributed by atoms with van der Waals surface area (Å²) >= 11 is 0. The second-order valence-electron chi connectivity index (χ2n) is 6.40. The summed E-state index contributed by atoms with van der Waals surface area (Å²) in [5.74, 6) is 0.343. The third-order valence-electron chi connectivity index (χ3n) is 4.29. The topological polar surface area (TPSA) is 63.6 Å². The smallest absolute Gasteiger partial charge is 0.311 e. The van der Waals surface area contributed by atoms with Gasteiger partial charge in [0.25, 0.3) is 5.56 Å². The summed E-state index contributed by atoms with van der Waals surface area (Å²) in [6, 6.07) is 1.68. The molecule has 0 aliphatic carbocycles. The zero-order valence-corrected chi connectivity index (χ0v) is 15.1. The predicted octanol–water partition coefficient (Wildman–Crippen LogP) is 4.59. The zero-order valence-electron chi connectivity index (χ0n) is 15.1. The van der Waals surface area contributed by atoms with E-state index in [1.807, 2.05) is 0 Å². The van der Waals surface area contributed by atoms with Gasteiger partial charge in [-0.15, -0.1) is 0 Å². The quantitative estimate of drug-likeness (QED) is 0.636. The largest absolute Gasteiger partial charge is 0.416 e. The number of nitrogens with zero attached hydrogens (tertiary/aromatic N) is 3. The molecule has 0 aliphatic rings. The summed E-state index contributed by atoms with van der Waals surface area (Å²) in [5, 5.41) is 4.00. The van der Waals surface area contributed by atoms with E-state index in [2.05, 4.69) is 15.1 Å². The van der Waals surface area contributed by atoms with Gasteiger partial charge in [0.05, 0.1) is 29.1 Å². The van der Waals surface area contributed by atoms with Crippen molar-refractivity contribution in [3.05, 3.63) is 69.5 Å². The third-order valence-corrected chi connectivity index (χ3v) is 4.29. The normalized spacial score (nSPS) is 13.5. The number of halogens is 6. The first-order chi connectivity index (χ1) is 13.4. The Hall–Kier alpha value is -3.11. The molecule has 1 aromatic carbocycles. The van der Waals surface area contributed by atoms with E-state index in [4.69, 9.17) is 0 Å². The van der Waals surface area contributed by atoms with Crippen LogP contribution < -0.4 is 5.56 Å². The molecule has 0 bridgehead atoms. The fourth-order valence-electron chi connectivity index (χ4n) is 2.89. The van der Waals surface area contributed by atoms with Crippen molar-refractivity contribution >= 4 is 0 Å². The first-order valence-corrected chi connectivity index (χ1v) is 8.27. The highest BCUT2D eigenvalue weighted by Crippen LogP contribution is 2.39. The molecule has 11 heteroatoms. The molecule has 1 atom stereocenters. The number of hydrogen-bond donors (Lipinski definition) is 1. The number of nitrogens with one attached hydrogen (secondary N) is 1. The molecule has 0 unspecified atom stereocenters. The van der Waals surface area contributed by atoms with Gasteiger partial charge in [-0.1, -0.05) is 6.07 Å². The molecule has 29 heavy (non-hydrogen) atoms. The summed E-state index contributed by atoms with van der Waals surface area (Å²) in [6.07, 6.45) is -7.18. The Kier molecular flexibility index (Phi) is 5.01. The maximum absolute atomic E-state index is 13.4. The second-order valence-corrected chi connectivity index (χ2v) is 6.40. The van der Waals surface area contributed by atoms with Crippen LogP contribution in [0.2, 0.25) is 0 Å². The Morgan fingerprint density at radius 1 is 1.07 bits per heavy atom. The summed E-state index contributed by atoms with van der Waals surface area (Å²) in [4.78, 5) is 18.2. The molecule has 0 saturated carbocycles. The van der Waals surface area contributed by atoms with Crippen molar-refractivity contribution in [2.45, 2.75) is 32.2 Å². The van der Waals surface area contributed by atoms with E-state index < -0.39 is 35.1 Å². The number of hydrogen-bond acceptors (Lipinski definition) is 3. The fourth-order valence-corrected chi connectivity index (χ4v) is 2.89. The number of aromatic amines is 1. The minimum atomic E-state index is -4.98. The number of benzene rings is 1. The standard InChI is InChI=1S/C18H14F6N4O/c1-9(13-4-3-12(17(19,20)21)5-14(13)18(22,23)24)28-8-11(7-25-28)15-6-16(29)27-10(2)26-15/h3-9H,1-2H3,(H,26,27,29)/t9-/m1/s1. The molecule has 0 saturated heterocycles. The van der Waals surface area contributed by atoms with Crippen LogP contribution in [-0.4, -0.2) is 19.7 Å². The number of aryl methyl sites for hydroxylation is 1. The minimum Gasteiger partial charge on any atom is -0.311 e. The van der Waals surface area contributed by atoms with Gasteiger partial charge < -0.3 is 4.98 Å². The second kappa shape index (κ2) is 7.05. The van der Waals surface area contributed by atoms with Crippen LogP contribution in [0.15, 0.2) is 41.5 Å². The van der Waals surface area contributed by atoms with Crippen LogP contribution in [0.25, 0.3) is 11.3 Å². The number of alkyl halides is 6. The molecular formula is C18H14F6N4O. The van der Waals surface area contributed by atoms with E-state index in [-0.39, 0.29) is 17.3 Å². The van der Waals surface area contributed by atoms with Gasteiger partial charge in [0, 0.05) is 17.8 Å². The first-order valence-electron chi connectivity index (χ1n) is 8.27. The molecule has 3 rings (SSSR count). The lowest BCUT2D eigenvalue weighted by Gasteiger charge is -2.20. The lowest BCUT2D eigenvalue weighted by Crippen LogP contribution is -2.17. The molecular weight excluding hydrogens is 402 g/mol. The monoisotopic (exact) mass is 416 g/mol. The molecule has 1 N–H and O–H groups in total. The molecule has 2 aromatic heterocycles. The molecule has 0 amide bonds. The SMILES string of the molecule is Cc1nc(-c2cnn([C@H](C)c3ccc(C(F)(F)F)cc3C(F)(F)F)c2)cc(=O)[nH]1. The van der Waals surface area contributed by atoms with Crippen LogP contribution in [0, 0.1) is 6.92 Å². The minimum absolute atomic E-state index is 0.0951. The van der Waals surface area contributed by atoms with Crippen molar-refractivity contribution in [1.29, 1.82) is 0 Å². The van der Waals surface area contributed by atoms with Crippen molar-refractivity contribution < 1.29 is 26.3 Å². The van der Waals surface area contributed by atoms with E-state index in [1.54, 1.807) is 6.92 Å². The Morgan fingerprint density at radius 3 is 2.34 bits per heavy atom. The lowest BCUT2D eigenvalue weighted by molar-refractivity contribution is -0.143. The number of aromatic nitrogens is 4. The zero-order chi connectivity index (χ0) is 21.6. The summed E-state index contributed by atoms with van der Waals surface area (Å²) in [5.41, 5.74) is -2.89. The van der Waals surface area contributed by atoms with Gasteiger partial charge in [0.15, 0.2) is 0 Å².